The fourth-order valence-electron chi connectivity index (χ4n) is 13.7. The van der Waals surface area contributed by atoms with Crippen molar-refractivity contribution in [1.82, 2.24) is 0 Å². The van der Waals surface area contributed by atoms with E-state index >= 15 is 0 Å². The van der Waals surface area contributed by atoms with Crippen LogP contribution in [0.25, 0.3) is 0 Å². The van der Waals surface area contributed by atoms with Gasteiger partial charge >= 0.3 is 5.97 Å². The van der Waals surface area contributed by atoms with Crippen LogP contribution in [0, 0.1) is 52.3 Å². The Kier molecular flexibility index (Phi) is 20.3. The van der Waals surface area contributed by atoms with E-state index in [4.69, 9.17) is 14.2 Å². The van der Waals surface area contributed by atoms with E-state index in [1.54, 1.807) is 0 Å². The standard InChI is InChI=1S/C53H94O7/c1-8-10-11-12-13-14-15-16-17-18-19-20-21-22-23-24-47(54)58-36-46-48(55)49(56)50(57)51(60-46)59-41-31-33-52(6)40(35-41)27-28-42-44-30-29-43(53(44,7)34-32-45(42)52)38(5)25-26-39(9-2)37(3)4/h27,37-39,41-46,48-51,55-57H,8-26,28-36H2,1-7H3/t38-,39-,41+,42+,43-,44?,45?,46-,48-,49+,50-,51-,52+,53-/m1/s1. The predicted octanol–water partition coefficient (Wildman–Crippen LogP) is 12.7. The summed E-state index contributed by atoms with van der Waals surface area (Å²) in [5.74, 6) is 5.24. The van der Waals surface area contributed by atoms with Crippen molar-refractivity contribution >= 4 is 5.97 Å². The maximum Gasteiger partial charge on any atom is 0.305 e. The molecule has 3 saturated carbocycles. The third-order valence-electron chi connectivity index (χ3n) is 17.7. The first-order valence-corrected chi connectivity index (χ1v) is 26.0. The average molecular weight is 843 g/mol. The number of aliphatic hydroxyl groups is 3. The lowest BCUT2D eigenvalue weighted by molar-refractivity contribution is -0.313. The minimum absolute atomic E-state index is 0.139. The Bertz CT molecular complexity index is 1280. The van der Waals surface area contributed by atoms with Crippen molar-refractivity contribution < 1.29 is 34.3 Å². The predicted molar refractivity (Wildman–Crippen MR) is 244 cm³/mol. The van der Waals surface area contributed by atoms with Gasteiger partial charge in [0.15, 0.2) is 6.29 Å². The van der Waals surface area contributed by atoms with Gasteiger partial charge in [-0.05, 0) is 116 Å². The van der Waals surface area contributed by atoms with E-state index in [1.165, 1.54) is 128 Å². The number of esters is 1. The van der Waals surface area contributed by atoms with Gasteiger partial charge in [-0.2, -0.15) is 0 Å². The molecule has 0 spiro atoms. The van der Waals surface area contributed by atoms with Crippen LogP contribution in [0.4, 0.5) is 0 Å². The lowest BCUT2D eigenvalue weighted by Crippen LogP contribution is -2.60. The monoisotopic (exact) mass is 843 g/mol. The highest BCUT2D eigenvalue weighted by molar-refractivity contribution is 5.69. The average Bonchev–Trinajstić information content (AvgIpc) is 3.59. The summed E-state index contributed by atoms with van der Waals surface area (Å²) in [6.07, 6.45) is 29.0. The second-order valence-electron chi connectivity index (χ2n) is 21.9. The molecule has 7 heteroatoms. The number of carbonyl (C=O) groups excluding carboxylic acids is 1. The topological polar surface area (TPSA) is 105 Å². The normalized spacial score (nSPS) is 36.3. The number of carbonyl (C=O) groups is 1. The molecule has 5 aliphatic rings. The number of unbranched alkanes of at least 4 members (excludes halogenated alkanes) is 14. The largest absolute Gasteiger partial charge is 0.463 e. The molecule has 3 N–H and O–H groups in total. The SMILES string of the molecule is CCCCCCCCCCCCCCCCCC(=O)OC[C@H]1O[C@@H](O[C@H]2CC[C@@]3(C)C(=CC[C@@H]4C3CC[C@@]3(C)C4CC[C@@H]3[C@H](C)CC[C@@H](CC)C(C)C)C2)[C@H](O)[C@@H](O)[C@@H]1O. The molecule has 0 radical (unpaired) electrons. The van der Waals surface area contributed by atoms with Crippen LogP contribution in [0.5, 0.6) is 0 Å². The Labute approximate surface area is 368 Å². The molecule has 0 aromatic heterocycles. The smallest absolute Gasteiger partial charge is 0.305 e. The van der Waals surface area contributed by atoms with Crippen LogP contribution in [0.15, 0.2) is 11.6 Å². The van der Waals surface area contributed by atoms with Gasteiger partial charge in [0.1, 0.15) is 31.0 Å². The minimum atomic E-state index is -1.44. The fraction of sp³-hybridized carbons (Fsp3) is 0.943. The molecular weight excluding hydrogens is 749 g/mol. The van der Waals surface area contributed by atoms with Crippen molar-refractivity contribution in [1.29, 1.82) is 0 Å². The first kappa shape index (κ1) is 50.0. The number of fused-ring (bicyclic) bond motifs is 5. The Balaban J connectivity index is 1.01. The van der Waals surface area contributed by atoms with Gasteiger partial charge in [-0.1, -0.05) is 163 Å². The van der Waals surface area contributed by atoms with Crippen LogP contribution >= 0.6 is 0 Å². The maximum atomic E-state index is 12.6. The lowest BCUT2D eigenvalue weighted by Gasteiger charge is -2.58. The van der Waals surface area contributed by atoms with Crippen LogP contribution in [0.1, 0.15) is 222 Å². The van der Waals surface area contributed by atoms with Gasteiger partial charge in [-0.15, -0.1) is 0 Å². The van der Waals surface area contributed by atoms with Crippen molar-refractivity contribution in [3.05, 3.63) is 11.6 Å². The Morgan fingerprint density at radius 3 is 2.02 bits per heavy atom. The minimum Gasteiger partial charge on any atom is -0.463 e. The van der Waals surface area contributed by atoms with E-state index in [1.807, 2.05) is 0 Å². The summed E-state index contributed by atoms with van der Waals surface area (Å²) in [6.45, 7) is 17.0. The third kappa shape index (κ3) is 12.8. The Hall–Kier alpha value is -0.990. The molecule has 1 heterocycles. The number of ether oxygens (including phenoxy) is 3. The molecule has 60 heavy (non-hydrogen) atoms. The Morgan fingerprint density at radius 1 is 0.767 bits per heavy atom. The zero-order valence-electron chi connectivity index (χ0n) is 39.9. The fourth-order valence-corrected chi connectivity index (χ4v) is 13.7. The van der Waals surface area contributed by atoms with E-state index in [2.05, 4.69) is 54.5 Å². The van der Waals surface area contributed by atoms with Crippen LogP contribution in [0.3, 0.4) is 0 Å². The van der Waals surface area contributed by atoms with E-state index in [9.17, 15) is 20.1 Å². The van der Waals surface area contributed by atoms with Crippen LogP contribution in [-0.2, 0) is 19.0 Å². The molecule has 2 unspecified atom stereocenters. The molecule has 4 fully saturated rings. The van der Waals surface area contributed by atoms with Crippen molar-refractivity contribution in [2.24, 2.45) is 52.3 Å². The summed E-state index contributed by atoms with van der Waals surface area (Å²) in [6, 6.07) is 0. The number of aliphatic hydroxyl groups excluding tert-OH is 3. The lowest BCUT2D eigenvalue weighted by atomic mass is 9.47. The quantitative estimate of drug-likeness (QED) is 0.0452. The van der Waals surface area contributed by atoms with Crippen LogP contribution in [-0.4, -0.2) is 64.7 Å². The van der Waals surface area contributed by atoms with Gasteiger partial charge < -0.3 is 29.5 Å². The molecule has 7 nitrogen and oxygen atoms in total. The number of hydrogen-bond acceptors (Lipinski definition) is 7. The summed E-state index contributed by atoms with van der Waals surface area (Å²) in [7, 11) is 0. The number of allylic oxidation sites excluding steroid dienone is 1. The van der Waals surface area contributed by atoms with Crippen molar-refractivity contribution in [2.45, 2.75) is 259 Å². The molecular formula is C53H94O7. The molecule has 5 rings (SSSR count). The maximum absolute atomic E-state index is 12.6. The van der Waals surface area contributed by atoms with Crippen molar-refractivity contribution in [3.63, 3.8) is 0 Å². The number of hydrogen-bond donors (Lipinski definition) is 3. The molecule has 1 saturated heterocycles. The van der Waals surface area contributed by atoms with Gasteiger partial charge in [0.2, 0.25) is 0 Å². The van der Waals surface area contributed by atoms with Crippen LogP contribution in [0.2, 0.25) is 0 Å². The second kappa shape index (κ2) is 24.3. The first-order chi connectivity index (χ1) is 28.8. The number of rotatable bonds is 26. The van der Waals surface area contributed by atoms with E-state index < -0.39 is 30.7 Å². The van der Waals surface area contributed by atoms with Gasteiger partial charge in [-0.25, -0.2) is 0 Å². The molecule has 14 atom stereocenters. The zero-order valence-corrected chi connectivity index (χ0v) is 39.9. The van der Waals surface area contributed by atoms with E-state index in [-0.39, 0.29) is 24.1 Å². The molecule has 0 bridgehead atoms. The van der Waals surface area contributed by atoms with Gasteiger partial charge in [-0.3, -0.25) is 4.79 Å². The van der Waals surface area contributed by atoms with E-state index in [0.29, 0.717) is 17.8 Å². The summed E-state index contributed by atoms with van der Waals surface area (Å²) >= 11 is 0. The third-order valence-corrected chi connectivity index (χ3v) is 17.7. The molecule has 1 aliphatic heterocycles. The molecule has 0 aromatic carbocycles. The summed E-state index contributed by atoms with van der Waals surface area (Å²) in [5, 5.41) is 32.6. The summed E-state index contributed by atoms with van der Waals surface area (Å²) in [4.78, 5) is 12.6. The molecule has 0 amide bonds. The molecule has 348 valence electrons. The van der Waals surface area contributed by atoms with Gasteiger partial charge in [0.05, 0.1) is 6.10 Å². The molecule has 0 aromatic rings. The second-order valence-corrected chi connectivity index (χ2v) is 21.9. The van der Waals surface area contributed by atoms with Gasteiger partial charge in [0, 0.05) is 6.42 Å². The summed E-state index contributed by atoms with van der Waals surface area (Å²) < 4.78 is 18.1. The van der Waals surface area contributed by atoms with E-state index in [0.717, 1.165) is 80.5 Å². The highest BCUT2D eigenvalue weighted by atomic mass is 16.7. The van der Waals surface area contributed by atoms with Gasteiger partial charge in [0.25, 0.3) is 0 Å². The Morgan fingerprint density at radius 2 is 1.40 bits per heavy atom. The zero-order chi connectivity index (χ0) is 43.3. The molecule has 4 aliphatic carbocycles. The van der Waals surface area contributed by atoms with Crippen molar-refractivity contribution in [2.75, 3.05) is 6.61 Å². The highest BCUT2D eigenvalue weighted by Crippen LogP contribution is 2.67. The highest BCUT2D eigenvalue weighted by Gasteiger charge is 2.59. The first-order valence-electron chi connectivity index (χ1n) is 26.0. The van der Waals surface area contributed by atoms with Crippen LogP contribution < -0.4 is 0 Å². The summed E-state index contributed by atoms with van der Waals surface area (Å²) in [5.41, 5.74) is 2.13. The van der Waals surface area contributed by atoms with Crippen molar-refractivity contribution in [3.8, 4) is 0 Å².